The largest absolute Gasteiger partial charge is 0.481 e. The minimum absolute atomic E-state index is 0.808. The molecule has 0 radical (unpaired) electrons. The number of benzene rings is 1. The summed E-state index contributed by atoms with van der Waals surface area (Å²) in [5.74, 6) is -0.808. The molecule has 0 atom stereocenters. The number of hydrogen-bond acceptors (Lipinski definition) is 1. The van der Waals surface area contributed by atoms with E-state index in [0.717, 1.165) is 16.5 Å². The van der Waals surface area contributed by atoms with Gasteiger partial charge in [0.05, 0.1) is 5.41 Å². The number of rotatable bonds is 2. The highest BCUT2D eigenvalue weighted by atomic mass is 16.4. The van der Waals surface area contributed by atoms with Crippen LogP contribution in [0.25, 0.3) is 10.9 Å². The fourth-order valence-electron chi connectivity index (χ4n) is 1.57. The molecular formula is C12H13NO2. The van der Waals surface area contributed by atoms with E-state index in [2.05, 4.69) is 4.98 Å². The van der Waals surface area contributed by atoms with Crippen molar-refractivity contribution in [3.63, 3.8) is 0 Å². The summed E-state index contributed by atoms with van der Waals surface area (Å²) in [7, 11) is 0. The van der Waals surface area contributed by atoms with Gasteiger partial charge >= 0.3 is 5.97 Å². The van der Waals surface area contributed by atoms with Crippen LogP contribution in [0.2, 0.25) is 0 Å². The molecular weight excluding hydrogens is 190 g/mol. The van der Waals surface area contributed by atoms with Gasteiger partial charge in [0.2, 0.25) is 0 Å². The molecule has 2 rings (SSSR count). The first-order valence-electron chi connectivity index (χ1n) is 4.83. The van der Waals surface area contributed by atoms with Gasteiger partial charge in [-0.2, -0.15) is 0 Å². The summed E-state index contributed by atoms with van der Waals surface area (Å²) in [4.78, 5) is 14.2. The predicted octanol–water partition coefficient (Wildman–Crippen LogP) is 2.53. The van der Waals surface area contributed by atoms with Gasteiger partial charge in [-0.25, -0.2) is 0 Å². The monoisotopic (exact) mass is 203 g/mol. The van der Waals surface area contributed by atoms with Crippen LogP contribution in [-0.4, -0.2) is 16.1 Å². The number of aliphatic carboxylic acids is 1. The van der Waals surface area contributed by atoms with Crippen molar-refractivity contribution in [1.82, 2.24) is 4.98 Å². The van der Waals surface area contributed by atoms with Gasteiger partial charge in [-0.3, -0.25) is 4.79 Å². The van der Waals surface area contributed by atoms with Gasteiger partial charge in [0.15, 0.2) is 0 Å². The Morgan fingerprint density at radius 3 is 2.73 bits per heavy atom. The minimum atomic E-state index is -0.842. The Balaban J connectivity index is 2.57. The molecule has 0 aliphatic heterocycles. The van der Waals surface area contributed by atoms with E-state index in [-0.39, 0.29) is 0 Å². The SMILES string of the molecule is CC(C)(C(=O)O)c1ccc2[nH]ccc2c1. The third-order valence-corrected chi connectivity index (χ3v) is 2.81. The van der Waals surface area contributed by atoms with Crippen LogP contribution in [0.15, 0.2) is 30.5 Å². The molecule has 15 heavy (non-hydrogen) atoms. The van der Waals surface area contributed by atoms with Gasteiger partial charge in [-0.05, 0) is 43.0 Å². The Labute approximate surface area is 87.7 Å². The van der Waals surface area contributed by atoms with Crippen LogP contribution in [0.5, 0.6) is 0 Å². The number of carboxylic acid groups (broad SMARTS) is 1. The highest BCUT2D eigenvalue weighted by Gasteiger charge is 2.29. The van der Waals surface area contributed by atoms with Gasteiger partial charge in [0.1, 0.15) is 0 Å². The second kappa shape index (κ2) is 3.12. The predicted molar refractivity (Wildman–Crippen MR) is 59.0 cm³/mol. The Morgan fingerprint density at radius 1 is 1.33 bits per heavy atom. The Kier molecular flexibility index (Phi) is 2.03. The number of carboxylic acids is 1. The number of H-pyrrole nitrogens is 1. The fourth-order valence-corrected chi connectivity index (χ4v) is 1.57. The fraction of sp³-hybridized carbons (Fsp3) is 0.250. The summed E-state index contributed by atoms with van der Waals surface area (Å²) in [6.07, 6.45) is 1.85. The van der Waals surface area contributed by atoms with Gasteiger partial charge in [0.25, 0.3) is 0 Å². The zero-order chi connectivity index (χ0) is 11.1. The molecule has 78 valence electrons. The third-order valence-electron chi connectivity index (χ3n) is 2.81. The van der Waals surface area contributed by atoms with Crippen molar-refractivity contribution >= 4 is 16.9 Å². The van der Waals surface area contributed by atoms with Crippen LogP contribution in [0, 0.1) is 0 Å². The molecule has 0 spiro atoms. The van der Waals surface area contributed by atoms with Gasteiger partial charge in [-0.15, -0.1) is 0 Å². The van der Waals surface area contributed by atoms with E-state index in [1.807, 2.05) is 30.5 Å². The van der Waals surface area contributed by atoms with Crippen LogP contribution in [0.3, 0.4) is 0 Å². The topological polar surface area (TPSA) is 53.1 Å². The molecule has 1 aromatic carbocycles. The molecule has 0 fully saturated rings. The maximum atomic E-state index is 11.1. The Hall–Kier alpha value is -1.77. The lowest BCUT2D eigenvalue weighted by Crippen LogP contribution is -2.28. The molecule has 0 aliphatic rings. The van der Waals surface area contributed by atoms with Crippen molar-refractivity contribution in [3.05, 3.63) is 36.0 Å². The lowest BCUT2D eigenvalue weighted by Gasteiger charge is -2.19. The van der Waals surface area contributed by atoms with Crippen molar-refractivity contribution in [3.8, 4) is 0 Å². The molecule has 0 amide bonds. The number of carbonyl (C=O) groups is 1. The average molecular weight is 203 g/mol. The van der Waals surface area contributed by atoms with Crippen LogP contribution in [-0.2, 0) is 10.2 Å². The Bertz CT molecular complexity index is 511. The van der Waals surface area contributed by atoms with Crippen LogP contribution >= 0.6 is 0 Å². The average Bonchev–Trinajstić information content (AvgIpc) is 2.63. The molecule has 1 aromatic heterocycles. The Morgan fingerprint density at radius 2 is 2.07 bits per heavy atom. The zero-order valence-electron chi connectivity index (χ0n) is 8.74. The number of fused-ring (bicyclic) bond motifs is 1. The van der Waals surface area contributed by atoms with E-state index in [1.54, 1.807) is 13.8 Å². The molecule has 0 saturated heterocycles. The molecule has 0 unspecified atom stereocenters. The quantitative estimate of drug-likeness (QED) is 0.788. The zero-order valence-corrected chi connectivity index (χ0v) is 8.74. The number of nitrogens with one attached hydrogen (secondary N) is 1. The minimum Gasteiger partial charge on any atom is -0.481 e. The van der Waals surface area contributed by atoms with Crippen molar-refractivity contribution in [2.24, 2.45) is 0 Å². The highest BCUT2D eigenvalue weighted by molar-refractivity contribution is 5.85. The molecule has 0 aliphatic carbocycles. The van der Waals surface area contributed by atoms with E-state index >= 15 is 0 Å². The molecule has 2 N–H and O–H groups in total. The van der Waals surface area contributed by atoms with E-state index in [0.29, 0.717) is 0 Å². The van der Waals surface area contributed by atoms with Crippen molar-refractivity contribution < 1.29 is 9.90 Å². The summed E-state index contributed by atoms with van der Waals surface area (Å²) in [5, 5.41) is 10.2. The molecule has 1 heterocycles. The van der Waals surface area contributed by atoms with Gasteiger partial charge in [-0.1, -0.05) is 6.07 Å². The van der Waals surface area contributed by atoms with Crippen molar-refractivity contribution in [1.29, 1.82) is 0 Å². The van der Waals surface area contributed by atoms with Crippen LogP contribution < -0.4 is 0 Å². The highest BCUT2D eigenvalue weighted by Crippen LogP contribution is 2.26. The lowest BCUT2D eigenvalue weighted by atomic mass is 9.84. The molecule has 3 nitrogen and oxygen atoms in total. The first-order valence-corrected chi connectivity index (χ1v) is 4.83. The maximum Gasteiger partial charge on any atom is 0.313 e. The first kappa shape index (κ1) is 9.77. The van der Waals surface area contributed by atoms with Gasteiger partial charge < -0.3 is 10.1 Å². The molecule has 2 aromatic rings. The first-order chi connectivity index (χ1) is 7.01. The maximum absolute atomic E-state index is 11.1. The summed E-state index contributed by atoms with van der Waals surface area (Å²) in [5.41, 5.74) is 1.01. The molecule has 0 saturated carbocycles. The second-order valence-corrected chi connectivity index (χ2v) is 4.21. The summed E-state index contributed by atoms with van der Waals surface area (Å²) < 4.78 is 0. The number of hydrogen-bond donors (Lipinski definition) is 2. The second-order valence-electron chi connectivity index (χ2n) is 4.21. The number of aromatic nitrogens is 1. The van der Waals surface area contributed by atoms with E-state index < -0.39 is 11.4 Å². The summed E-state index contributed by atoms with van der Waals surface area (Å²) in [6.45, 7) is 3.42. The summed E-state index contributed by atoms with van der Waals surface area (Å²) >= 11 is 0. The molecule has 3 heteroatoms. The van der Waals surface area contributed by atoms with Crippen LogP contribution in [0.1, 0.15) is 19.4 Å². The van der Waals surface area contributed by atoms with Crippen LogP contribution in [0.4, 0.5) is 0 Å². The third kappa shape index (κ3) is 1.50. The van der Waals surface area contributed by atoms with E-state index in [4.69, 9.17) is 5.11 Å². The summed E-state index contributed by atoms with van der Waals surface area (Å²) in [6, 6.07) is 7.62. The van der Waals surface area contributed by atoms with Gasteiger partial charge in [0, 0.05) is 11.7 Å². The van der Waals surface area contributed by atoms with Crippen molar-refractivity contribution in [2.45, 2.75) is 19.3 Å². The van der Waals surface area contributed by atoms with E-state index in [1.165, 1.54) is 0 Å². The number of aromatic amines is 1. The normalized spacial score (nSPS) is 11.9. The lowest BCUT2D eigenvalue weighted by molar-refractivity contribution is -0.142. The van der Waals surface area contributed by atoms with E-state index in [9.17, 15) is 4.79 Å². The smallest absolute Gasteiger partial charge is 0.313 e. The molecule has 0 bridgehead atoms. The van der Waals surface area contributed by atoms with Crippen molar-refractivity contribution in [2.75, 3.05) is 0 Å². The standard InChI is InChI=1S/C12H13NO2/c1-12(2,11(14)15)9-3-4-10-8(7-9)5-6-13-10/h3-7,13H,1-2H3,(H,14,15).